The highest BCUT2D eigenvalue weighted by Crippen LogP contribution is 2.39. The number of hydrogen-bond acceptors (Lipinski definition) is 5. The van der Waals surface area contributed by atoms with E-state index in [1.165, 1.54) is 11.3 Å². The van der Waals surface area contributed by atoms with E-state index in [1.54, 1.807) is 31.4 Å². The molecule has 29 heavy (non-hydrogen) atoms. The first-order valence-electron chi connectivity index (χ1n) is 9.36. The maximum Gasteiger partial charge on any atom is 0.257 e. The molecule has 1 aromatic heterocycles. The molecule has 0 bridgehead atoms. The van der Waals surface area contributed by atoms with Crippen molar-refractivity contribution in [3.63, 3.8) is 0 Å². The third-order valence-corrected chi connectivity index (χ3v) is 6.06. The van der Waals surface area contributed by atoms with E-state index in [2.05, 4.69) is 15.6 Å². The molecule has 0 aliphatic heterocycles. The second-order valence-corrected chi connectivity index (χ2v) is 7.99. The molecule has 1 heterocycles. The molecule has 0 spiro atoms. The molecule has 1 aliphatic carbocycles. The number of aromatic nitrogens is 1. The van der Waals surface area contributed by atoms with Gasteiger partial charge in [-0.15, -0.1) is 11.3 Å². The summed E-state index contributed by atoms with van der Waals surface area (Å²) in [5, 5.41) is 6.36. The molecule has 4 rings (SSSR count). The van der Waals surface area contributed by atoms with Crippen molar-refractivity contribution in [3.05, 3.63) is 70.2 Å². The fraction of sp³-hybridized carbons (Fsp3) is 0.227. The molecule has 1 unspecified atom stereocenters. The van der Waals surface area contributed by atoms with Gasteiger partial charge >= 0.3 is 0 Å². The van der Waals surface area contributed by atoms with Gasteiger partial charge in [0.2, 0.25) is 5.91 Å². The van der Waals surface area contributed by atoms with Crippen LogP contribution < -0.4 is 15.4 Å². The summed E-state index contributed by atoms with van der Waals surface area (Å²) in [7, 11) is 1.58. The number of ether oxygens (including phenoxy) is 1. The van der Waals surface area contributed by atoms with Gasteiger partial charge in [0.25, 0.3) is 5.91 Å². The zero-order chi connectivity index (χ0) is 20.4. The van der Waals surface area contributed by atoms with E-state index in [0.29, 0.717) is 16.4 Å². The Balaban J connectivity index is 1.46. The minimum Gasteiger partial charge on any atom is -0.497 e. The lowest BCUT2D eigenvalue weighted by molar-refractivity contribution is -0.117. The van der Waals surface area contributed by atoms with E-state index in [1.807, 2.05) is 31.2 Å². The predicted octanol–water partition coefficient (Wildman–Crippen LogP) is 4.38. The number of nitrogens with zero attached hydrogens (tertiary/aromatic N) is 1. The van der Waals surface area contributed by atoms with Gasteiger partial charge < -0.3 is 10.1 Å². The van der Waals surface area contributed by atoms with Crippen molar-refractivity contribution in [3.8, 4) is 5.75 Å². The summed E-state index contributed by atoms with van der Waals surface area (Å²) in [6, 6.07) is 14.6. The molecule has 1 aliphatic rings. The van der Waals surface area contributed by atoms with Crippen molar-refractivity contribution in [1.82, 2.24) is 4.98 Å². The molecule has 0 radical (unpaired) electrons. The number of para-hydroxylation sites is 1. The Labute approximate surface area is 172 Å². The fourth-order valence-corrected chi connectivity index (χ4v) is 4.41. The zero-order valence-electron chi connectivity index (χ0n) is 16.2. The Kier molecular flexibility index (Phi) is 5.31. The number of aryl methyl sites for hydroxylation is 2. The topological polar surface area (TPSA) is 80.3 Å². The molecule has 148 valence electrons. The first-order valence-corrected chi connectivity index (χ1v) is 10.2. The highest BCUT2D eigenvalue weighted by Gasteiger charge is 2.33. The molecule has 0 saturated carbocycles. The predicted molar refractivity (Wildman–Crippen MR) is 114 cm³/mol. The highest BCUT2D eigenvalue weighted by molar-refractivity contribution is 7.16. The van der Waals surface area contributed by atoms with E-state index in [-0.39, 0.29) is 17.7 Å². The van der Waals surface area contributed by atoms with E-state index >= 15 is 0 Å². The Hall–Kier alpha value is -3.19. The van der Waals surface area contributed by atoms with Gasteiger partial charge in [0.05, 0.1) is 18.7 Å². The van der Waals surface area contributed by atoms with Crippen molar-refractivity contribution in [1.29, 1.82) is 0 Å². The summed E-state index contributed by atoms with van der Waals surface area (Å²) in [4.78, 5) is 30.9. The minimum absolute atomic E-state index is 0.0589. The third-order valence-electron chi connectivity index (χ3n) is 5.01. The molecule has 1 atom stereocenters. The third kappa shape index (κ3) is 4.00. The number of methoxy groups -OCH3 is 1. The second kappa shape index (κ2) is 8.05. The van der Waals surface area contributed by atoms with E-state index in [0.717, 1.165) is 34.7 Å². The van der Waals surface area contributed by atoms with E-state index in [4.69, 9.17) is 4.74 Å². The fourth-order valence-electron chi connectivity index (χ4n) is 3.38. The van der Waals surface area contributed by atoms with Gasteiger partial charge in [-0.1, -0.05) is 18.2 Å². The average Bonchev–Trinajstić information content (AvgIpc) is 3.29. The van der Waals surface area contributed by atoms with Crippen molar-refractivity contribution >= 4 is 34.0 Å². The van der Waals surface area contributed by atoms with Gasteiger partial charge in [-0.05, 0) is 55.7 Å². The van der Waals surface area contributed by atoms with Crippen molar-refractivity contribution in [2.45, 2.75) is 25.7 Å². The number of hydrogen-bond donors (Lipinski definition) is 2. The van der Waals surface area contributed by atoms with Crippen LogP contribution in [0.5, 0.6) is 5.75 Å². The largest absolute Gasteiger partial charge is 0.497 e. The summed E-state index contributed by atoms with van der Waals surface area (Å²) >= 11 is 1.44. The monoisotopic (exact) mass is 407 g/mol. The smallest absolute Gasteiger partial charge is 0.257 e. The molecule has 0 saturated heterocycles. The Morgan fingerprint density at radius 2 is 1.86 bits per heavy atom. The highest BCUT2D eigenvalue weighted by atomic mass is 32.1. The van der Waals surface area contributed by atoms with Gasteiger partial charge in [0, 0.05) is 16.1 Å². The van der Waals surface area contributed by atoms with Crippen LogP contribution in [0.25, 0.3) is 0 Å². The Morgan fingerprint density at radius 3 is 2.59 bits per heavy atom. The standard InChI is InChI=1S/C22H21N3O3S/c1-13-5-3-4-6-17(13)23-21(27)16-11-12-18-19(16)24-22(29-18)25-20(26)14-7-9-15(28-2)10-8-14/h3-10,16H,11-12H2,1-2H3,(H,23,27)(H,24,25,26). The SMILES string of the molecule is COc1ccc(C(=O)Nc2nc3c(s2)CCC3C(=O)Nc2ccccc2C)cc1. The summed E-state index contributed by atoms with van der Waals surface area (Å²) < 4.78 is 5.11. The maximum absolute atomic E-state index is 12.8. The molecular weight excluding hydrogens is 386 g/mol. The number of carbonyl (C=O) groups excluding carboxylic acids is 2. The van der Waals surface area contributed by atoms with Crippen LogP contribution in [0, 0.1) is 6.92 Å². The number of benzene rings is 2. The van der Waals surface area contributed by atoms with Crippen LogP contribution in [0.4, 0.5) is 10.8 Å². The number of thiazole rings is 1. The number of amides is 2. The van der Waals surface area contributed by atoms with Gasteiger partial charge in [-0.3, -0.25) is 14.9 Å². The summed E-state index contributed by atoms with van der Waals surface area (Å²) in [6.45, 7) is 1.96. The van der Waals surface area contributed by atoms with Crippen molar-refractivity contribution in [2.24, 2.45) is 0 Å². The first kappa shape index (κ1) is 19.1. The van der Waals surface area contributed by atoms with Gasteiger partial charge in [-0.2, -0.15) is 0 Å². The minimum atomic E-state index is -0.299. The van der Waals surface area contributed by atoms with Crippen molar-refractivity contribution in [2.75, 3.05) is 17.7 Å². The number of rotatable bonds is 5. The van der Waals surface area contributed by atoms with Crippen LogP contribution in [0.2, 0.25) is 0 Å². The van der Waals surface area contributed by atoms with Crippen LogP contribution in [0.15, 0.2) is 48.5 Å². The van der Waals surface area contributed by atoms with Crippen LogP contribution in [0.3, 0.4) is 0 Å². The molecule has 2 N–H and O–H groups in total. The molecular formula is C22H21N3O3S. The number of fused-ring (bicyclic) bond motifs is 1. The Bertz CT molecular complexity index is 1060. The number of carbonyl (C=O) groups is 2. The summed E-state index contributed by atoms with van der Waals surface area (Å²) in [6.07, 6.45) is 1.52. The molecule has 7 heteroatoms. The van der Waals surface area contributed by atoms with E-state index < -0.39 is 0 Å². The van der Waals surface area contributed by atoms with Crippen LogP contribution in [-0.4, -0.2) is 23.9 Å². The Morgan fingerprint density at radius 1 is 1.10 bits per heavy atom. The van der Waals surface area contributed by atoms with Crippen LogP contribution in [-0.2, 0) is 11.2 Å². The summed E-state index contributed by atoms with van der Waals surface area (Å²) in [5.41, 5.74) is 3.13. The van der Waals surface area contributed by atoms with Crippen LogP contribution >= 0.6 is 11.3 Å². The number of nitrogens with one attached hydrogen (secondary N) is 2. The molecule has 3 aromatic rings. The molecule has 2 amide bonds. The van der Waals surface area contributed by atoms with E-state index in [9.17, 15) is 9.59 Å². The lowest BCUT2D eigenvalue weighted by Gasteiger charge is -2.12. The van der Waals surface area contributed by atoms with Crippen molar-refractivity contribution < 1.29 is 14.3 Å². The first-order chi connectivity index (χ1) is 14.0. The molecule has 6 nitrogen and oxygen atoms in total. The molecule has 2 aromatic carbocycles. The van der Waals surface area contributed by atoms with Gasteiger partial charge in [-0.25, -0.2) is 4.98 Å². The van der Waals surface area contributed by atoms with Gasteiger partial charge in [0.15, 0.2) is 5.13 Å². The normalized spacial score (nSPS) is 14.9. The number of anilines is 2. The lowest BCUT2D eigenvalue weighted by atomic mass is 10.1. The van der Waals surface area contributed by atoms with Crippen LogP contribution in [0.1, 0.15) is 38.8 Å². The quantitative estimate of drug-likeness (QED) is 0.658. The molecule has 0 fully saturated rings. The summed E-state index contributed by atoms with van der Waals surface area (Å²) in [5.74, 6) is 0.0992. The second-order valence-electron chi connectivity index (χ2n) is 6.91. The zero-order valence-corrected chi connectivity index (χ0v) is 17.0. The maximum atomic E-state index is 12.8. The average molecular weight is 407 g/mol. The lowest BCUT2D eigenvalue weighted by Crippen LogP contribution is -2.20. The van der Waals surface area contributed by atoms with Gasteiger partial charge in [0.1, 0.15) is 5.75 Å².